The van der Waals surface area contributed by atoms with E-state index in [2.05, 4.69) is 27.1 Å². The average molecular weight is 374 g/mol. The molecule has 0 atom stereocenters. The predicted octanol–water partition coefficient (Wildman–Crippen LogP) is 3.18. The van der Waals surface area contributed by atoms with Crippen LogP contribution < -0.4 is 10.5 Å². The number of fused-ring (bicyclic) bond motifs is 1. The number of nitrogens with two attached hydrogens (primary N) is 1. The highest BCUT2D eigenvalue weighted by molar-refractivity contribution is 5.77. The van der Waals surface area contributed by atoms with Crippen LogP contribution in [0.25, 0.3) is 11.2 Å². The molecule has 0 saturated heterocycles. The van der Waals surface area contributed by atoms with Crippen molar-refractivity contribution in [2.24, 2.45) is 0 Å². The Morgan fingerprint density at radius 3 is 2.46 bits per heavy atom. The van der Waals surface area contributed by atoms with E-state index < -0.39 is 0 Å². The summed E-state index contributed by atoms with van der Waals surface area (Å²) in [5.41, 5.74) is 10.4. The number of aromatic nitrogens is 4. The fourth-order valence-corrected chi connectivity index (χ4v) is 3.06. The summed E-state index contributed by atoms with van der Waals surface area (Å²) in [6.45, 7) is 1.56. The molecule has 0 bridgehead atoms. The molecule has 2 aromatic heterocycles. The summed E-state index contributed by atoms with van der Waals surface area (Å²) in [5, 5.41) is 0. The number of ether oxygens (including phenoxy) is 2. The van der Waals surface area contributed by atoms with Gasteiger partial charge in [0.1, 0.15) is 6.61 Å². The number of hydrogen-bond acceptors (Lipinski definition) is 6. The lowest BCUT2D eigenvalue weighted by Crippen LogP contribution is -2.05. The van der Waals surface area contributed by atoms with Crippen molar-refractivity contribution in [3.05, 3.63) is 77.6 Å². The summed E-state index contributed by atoms with van der Waals surface area (Å²) in [4.78, 5) is 13.0. The number of nitrogen functional groups attached to an aromatic ring is 1. The zero-order valence-electron chi connectivity index (χ0n) is 15.6. The SMILES string of the molecule is [11CH3]OCc1cccc(COc2nc(N)nc3c2ncn3Cc2ccccc2)c1. The van der Waals surface area contributed by atoms with E-state index in [4.69, 9.17) is 15.2 Å². The Morgan fingerprint density at radius 2 is 1.68 bits per heavy atom. The highest BCUT2D eigenvalue weighted by Crippen LogP contribution is 2.23. The quantitative estimate of drug-likeness (QED) is 0.534. The molecule has 0 amide bonds. The van der Waals surface area contributed by atoms with Crippen LogP contribution in [-0.2, 0) is 24.5 Å². The Balaban J connectivity index is 1.58. The minimum absolute atomic E-state index is 0.158. The topological polar surface area (TPSA) is 88.1 Å². The van der Waals surface area contributed by atoms with Crippen molar-refractivity contribution in [1.82, 2.24) is 19.5 Å². The molecular weight excluding hydrogens is 353 g/mol. The first-order valence-electron chi connectivity index (χ1n) is 8.95. The normalized spacial score (nSPS) is 11.0. The van der Waals surface area contributed by atoms with Gasteiger partial charge in [0.25, 0.3) is 0 Å². The van der Waals surface area contributed by atoms with E-state index in [0.717, 1.165) is 16.7 Å². The summed E-state index contributed by atoms with van der Waals surface area (Å²) >= 11 is 0. The standard InChI is InChI=1S/C21H21N5O2/c1-27-12-16-8-5-9-17(10-16)13-28-20-18-19(24-21(22)25-20)26(14-23-18)11-15-6-3-2-4-7-15/h2-10,14H,11-13H2,1H3,(H2,22,24,25)/i1-1. The van der Waals surface area contributed by atoms with Crippen LogP contribution in [0.5, 0.6) is 5.88 Å². The van der Waals surface area contributed by atoms with E-state index in [-0.39, 0.29) is 5.95 Å². The molecule has 2 N–H and O–H groups in total. The zero-order valence-corrected chi connectivity index (χ0v) is 15.6. The van der Waals surface area contributed by atoms with E-state index in [1.54, 1.807) is 13.4 Å². The lowest BCUT2D eigenvalue weighted by atomic mass is 10.1. The molecule has 7 nitrogen and oxygen atoms in total. The maximum Gasteiger partial charge on any atom is 0.247 e. The summed E-state index contributed by atoms with van der Waals surface area (Å²) in [7, 11) is 1.68. The molecule has 7 heteroatoms. The summed E-state index contributed by atoms with van der Waals surface area (Å²) in [6.07, 6.45) is 1.73. The first-order chi connectivity index (χ1) is 13.7. The number of benzene rings is 2. The van der Waals surface area contributed by atoms with Crippen molar-refractivity contribution in [3.63, 3.8) is 0 Å². The molecule has 4 rings (SSSR count). The predicted molar refractivity (Wildman–Crippen MR) is 107 cm³/mol. The van der Waals surface area contributed by atoms with Gasteiger partial charge in [-0.15, -0.1) is 0 Å². The van der Waals surface area contributed by atoms with E-state index >= 15 is 0 Å². The van der Waals surface area contributed by atoms with Crippen molar-refractivity contribution in [3.8, 4) is 5.88 Å². The average Bonchev–Trinajstić information content (AvgIpc) is 3.10. The number of hydrogen-bond donors (Lipinski definition) is 1. The Morgan fingerprint density at radius 1 is 0.929 bits per heavy atom. The third-order valence-electron chi connectivity index (χ3n) is 4.32. The van der Waals surface area contributed by atoms with E-state index in [1.165, 1.54) is 0 Å². The molecule has 142 valence electrons. The second kappa shape index (κ2) is 8.06. The molecule has 0 radical (unpaired) electrons. The third-order valence-corrected chi connectivity index (χ3v) is 4.32. The van der Waals surface area contributed by atoms with Gasteiger partial charge in [-0.05, 0) is 16.7 Å². The highest BCUT2D eigenvalue weighted by Gasteiger charge is 2.14. The Kier molecular flexibility index (Phi) is 5.16. The molecule has 0 unspecified atom stereocenters. The maximum absolute atomic E-state index is 5.94. The number of rotatable bonds is 7. The Bertz CT molecular complexity index is 1080. The molecule has 0 fully saturated rings. The zero-order chi connectivity index (χ0) is 19.3. The molecule has 0 aliphatic rings. The second-order valence-corrected chi connectivity index (χ2v) is 6.46. The van der Waals surface area contributed by atoms with Gasteiger partial charge in [-0.3, -0.25) is 0 Å². The van der Waals surface area contributed by atoms with E-state index in [9.17, 15) is 0 Å². The number of imidazole rings is 1. The first-order valence-corrected chi connectivity index (χ1v) is 8.95. The van der Waals surface area contributed by atoms with Gasteiger partial charge >= 0.3 is 0 Å². The summed E-state index contributed by atoms with van der Waals surface area (Å²) in [5.74, 6) is 0.539. The van der Waals surface area contributed by atoms with Gasteiger partial charge in [0.2, 0.25) is 11.8 Å². The van der Waals surface area contributed by atoms with Crippen molar-refractivity contribution in [1.29, 1.82) is 0 Å². The summed E-state index contributed by atoms with van der Waals surface area (Å²) in [6, 6.07) is 18.1. The maximum atomic E-state index is 5.94. The molecule has 4 aromatic rings. The minimum Gasteiger partial charge on any atom is -0.471 e. The molecule has 0 aliphatic heterocycles. The largest absolute Gasteiger partial charge is 0.471 e. The van der Waals surface area contributed by atoms with Gasteiger partial charge in [0, 0.05) is 7.11 Å². The van der Waals surface area contributed by atoms with Crippen LogP contribution in [-0.4, -0.2) is 26.6 Å². The molecule has 0 aliphatic carbocycles. The molecular formula is C21H21N5O2. The van der Waals surface area contributed by atoms with Crippen molar-refractivity contribution in [2.45, 2.75) is 19.8 Å². The molecule has 2 heterocycles. The van der Waals surface area contributed by atoms with Crippen molar-refractivity contribution < 1.29 is 9.47 Å². The van der Waals surface area contributed by atoms with Gasteiger partial charge < -0.3 is 19.8 Å². The molecule has 0 saturated carbocycles. The highest BCUT2D eigenvalue weighted by atomic mass is 16.5. The third kappa shape index (κ3) is 3.94. The van der Waals surface area contributed by atoms with Crippen LogP contribution in [0.3, 0.4) is 0 Å². The lowest BCUT2D eigenvalue weighted by molar-refractivity contribution is 0.184. The van der Waals surface area contributed by atoms with Crippen LogP contribution in [0.15, 0.2) is 60.9 Å². The van der Waals surface area contributed by atoms with E-state index in [1.807, 2.05) is 47.0 Å². The number of anilines is 1. The Hall–Kier alpha value is -3.45. The Labute approximate surface area is 162 Å². The monoisotopic (exact) mass is 374 g/mol. The number of methoxy groups -OCH3 is 1. The fraction of sp³-hybridized carbons (Fsp3) is 0.190. The van der Waals surface area contributed by atoms with Gasteiger partial charge in [-0.1, -0.05) is 54.6 Å². The van der Waals surface area contributed by atoms with Gasteiger partial charge in [0.15, 0.2) is 11.2 Å². The lowest BCUT2D eigenvalue weighted by Gasteiger charge is -2.09. The van der Waals surface area contributed by atoms with Gasteiger partial charge in [-0.25, -0.2) is 4.98 Å². The first kappa shape index (κ1) is 17.9. The number of nitrogens with zero attached hydrogens (tertiary/aromatic N) is 4. The fourth-order valence-electron chi connectivity index (χ4n) is 3.06. The minimum atomic E-state index is 0.158. The van der Waals surface area contributed by atoms with Crippen LogP contribution in [0.4, 0.5) is 5.95 Å². The van der Waals surface area contributed by atoms with Crippen molar-refractivity contribution in [2.75, 3.05) is 12.8 Å². The second-order valence-electron chi connectivity index (χ2n) is 6.46. The summed E-state index contributed by atoms with van der Waals surface area (Å²) < 4.78 is 13.1. The molecule has 28 heavy (non-hydrogen) atoms. The molecule has 0 spiro atoms. The van der Waals surface area contributed by atoms with Crippen LogP contribution in [0, 0.1) is 0 Å². The van der Waals surface area contributed by atoms with Crippen LogP contribution >= 0.6 is 0 Å². The van der Waals surface area contributed by atoms with Gasteiger partial charge in [-0.2, -0.15) is 9.97 Å². The van der Waals surface area contributed by atoms with Crippen LogP contribution in [0.2, 0.25) is 0 Å². The van der Waals surface area contributed by atoms with Crippen LogP contribution in [0.1, 0.15) is 16.7 Å². The van der Waals surface area contributed by atoms with E-state index in [0.29, 0.717) is 36.8 Å². The smallest absolute Gasteiger partial charge is 0.247 e. The van der Waals surface area contributed by atoms with Crippen molar-refractivity contribution >= 4 is 17.1 Å². The van der Waals surface area contributed by atoms with Gasteiger partial charge in [0.05, 0.1) is 19.5 Å². The molecule has 2 aromatic carbocycles.